The van der Waals surface area contributed by atoms with E-state index < -0.39 is 0 Å². The molecule has 0 aliphatic carbocycles. The predicted molar refractivity (Wildman–Crippen MR) is 60.5 cm³/mol. The number of nitrogens with zero attached hydrogens (tertiary/aromatic N) is 2. The van der Waals surface area contributed by atoms with Crippen LogP contribution >= 0.6 is 11.3 Å². The van der Waals surface area contributed by atoms with Crippen molar-refractivity contribution in [2.75, 3.05) is 4.90 Å². The molecule has 0 aromatic carbocycles. The van der Waals surface area contributed by atoms with Crippen molar-refractivity contribution in [3.8, 4) is 5.00 Å². The highest BCUT2D eigenvalue weighted by Crippen LogP contribution is 2.36. The maximum Gasteiger partial charge on any atom is 0.224 e. The molecule has 0 saturated carbocycles. The first-order chi connectivity index (χ1) is 7.27. The Bertz CT molecular complexity index is 526. The molecule has 0 radical (unpaired) electrons. The number of carbonyl (C=O) groups is 1. The molecule has 76 valence electrons. The lowest BCUT2D eigenvalue weighted by atomic mass is 10.3. The third-order valence-electron chi connectivity index (χ3n) is 2.67. The second kappa shape index (κ2) is 2.97. The molecule has 2 aromatic rings. The van der Waals surface area contributed by atoms with Gasteiger partial charge in [-0.25, -0.2) is 0 Å². The van der Waals surface area contributed by atoms with Gasteiger partial charge in [-0.15, -0.1) is 11.3 Å². The lowest BCUT2D eigenvalue weighted by Crippen LogP contribution is -2.32. The molecule has 2 aromatic heterocycles. The van der Waals surface area contributed by atoms with Gasteiger partial charge >= 0.3 is 0 Å². The van der Waals surface area contributed by atoms with Crippen LogP contribution in [0.25, 0.3) is 5.00 Å². The number of carbonyl (C=O) groups excluding carboxylic acids is 1. The highest BCUT2D eigenvalue weighted by atomic mass is 32.1. The number of hydrogen-bond acceptors (Lipinski definition) is 2. The van der Waals surface area contributed by atoms with Crippen LogP contribution in [0.5, 0.6) is 0 Å². The van der Waals surface area contributed by atoms with Gasteiger partial charge in [-0.1, -0.05) is 0 Å². The molecule has 0 unspecified atom stereocenters. The Labute approximate surface area is 91.6 Å². The second-order valence-corrected chi connectivity index (χ2v) is 4.48. The summed E-state index contributed by atoms with van der Waals surface area (Å²) in [5.41, 5.74) is 2.19. The monoisotopic (exact) mass is 218 g/mol. The van der Waals surface area contributed by atoms with E-state index in [0.717, 1.165) is 10.7 Å². The molecule has 3 rings (SSSR count). The number of amides is 1. The van der Waals surface area contributed by atoms with E-state index >= 15 is 0 Å². The molecule has 0 N–H and O–H groups in total. The topological polar surface area (TPSA) is 25.2 Å². The first-order valence-electron chi connectivity index (χ1n) is 4.79. The Morgan fingerprint density at radius 1 is 1.47 bits per heavy atom. The number of thiophene rings is 1. The minimum absolute atomic E-state index is 0.0992. The average molecular weight is 218 g/mol. The molecule has 0 spiro atoms. The fraction of sp³-hybridized carbons (Fsp3) is 0.182. The molecule has 0 saturated heterocycles. The van der Waals surface area contributed by atoms with Crippen molar-refractivity contribution in [3.63, 3.8) is 0 Å². The summed E-state index contributed by atoms with van der Waals surface area (Å²) in [4.78, 5) is 13.3. The predicted octanol–water partition coefficient (Wildman–Crippen LogP) is 2.41. The Kier molecular flexibility index (Phi) is 1.73. The second-order valence-electron chi connectivity index (χ2n) is 3.59. The van der Waals surface area contributed by atoms with Gasteiger partial charge in [0.2, 0.25) is 5.91 Å². The number of anilines is 1. The first-order valence-corrected chi connectivity index (χ1v) is 5.67. The lowest BCUT2D eigenvalue weighted by Gasteiger charge is -2.27. The molecular weight excluding hydrogens is 208 g/mol. The van der Waals surface area contributed by atoms with Crippen molar-refractivity contribution in [1.29, 1.82) is 0 Å². The normalized spacial score (nSPS) is 13.5. The smallest absolute Gasteiger partial charge is 0.224 e. The molecule has 3 heterocycles. The van der Waals surface area contributed by atoms with Gasteiger partial charge in [0.15, 0.2) is 0 Å². The lowest BCUT2D eigenvalue weighted by molar-refractivity contribution is -0.116. The minimum Gasteiger partial charge on any atom is -0.309 e. The van der Waals surface area contributed by atoms with Crippen molar-refractivity contribution < 1.29 is 4.79 Å². The van der Waals surface area contributed by atoms with Crippen LogP contribution in [-0.4, -0.2) is 10.5 Å². The van der Waals surface area contributed by atoms with E-state index in [9.17, 15) is 4.79 Å². The summed E-state index contributed by atoms with van der Waals surface area (Å²) >= 11 is 1.66. The van der Waals surface area contributed by atoms with Gasteiger partial charge in [0, 0.05) is 18.8 Å². The molecule has 0 bridgehead atoms. The zero-order valence-electron chi connectivity index (χ0n) is 8.30. The molecular formula is C11H10N2OS. The fourth-order valence-electron chi connectivity index (χ4n) is 1.95. The largest absolute Gasteiger partial charge is 0.309 e. The van der Waals surface area contributed by atoms with Gasteiger partial charge in [-0.3, -0.25) is 4.79 Å². The molecule has 1 amide bonds. The van der Waals surface area contributed by atoms with Crippen LogP contribution in [0.1, 0.15) is 12.6 Å². The van der Waals surface area contributed by atoms with Crippen molar-refractivity contribution >= 4 is 22.9 Å². The number of rotatable bonds is 0. The summed E-state index contributed by atoms with van der Waals surface area (Å²) in [7, 11) is 0. The van der Waals surface area contributed by atoms with Crippen LogP contribution in [0.2, 0.25) is 0 Å². The van der Waals surface area contributed by atoms with E-state index in [1.165, 1.54) is 5.69 Å². The summed E-state index contributed by atoms with van der Waals surface area (Å²) < 4.78 is 2.15. The molecule has 15 heavy (non-hydrogen) atoms. The summed E-state index contributed by atoms with van der Waals surface area (Å²) in [6.07, 6.45) is 2.04. The van der Waals surface area contributed by atoms with Crippen molar-refractivity contribution in [1.82, 2.24) is 4.57 Å². The van der Waals surface area contributed by atoms with Crippen molar-refractivity contribution in [2.45, 2.75) is 13.5 Å². The van der Waals surface area contributed by atoms with Gasteiger partial charge in [0.05, 0.1) is 12.2 Å². The van der Waals surface area contributed by atoms with E-state index in [2.05, 4.69) is 10.6 Å². The molecule has 3 nitrogen and oxygen atoms in total. The molecule has 0 atom stereocenters. The van der Waals surface area contributed by atoms with Gasteiger partial charge in [-0.05, 0) is 23.6 Å². The van der Waals surface area contributed by atoms with Crippen LogP contribution < -0.4 is 4.90 Å². The molecule has 0 fully saturated rings. The highest BCUT2D eigenvalue weighted by Gasteiger charge is 2.24. The quantitative estimate of drug-likeness (QED) is 0.666. The van der Waals surface area contributed by atoms with Crippen molar-refractivity contribution in [3.05, 3.63) is 35.5 Å². The number of fused-ring (bicyclic) bond motifs is 3. The van der Waals surface area contributed by atoms with Crippen LogP contribution in [0.15, 0.2) is 29.8 Å². The fourth-order valence-corrected chi connectivity index (χ4v) is 2.87. The van der Waals surface area contributed by atoms with Crippen LogP contribution in [0.4, 0.5) is 5.69 Å². The van der Waals surface area contributed by atoms with Crippen molar-refractivity contribution in [2.24, 2.45) is 0 Å². The van der Waals surface area contributed by atoms with E-state index in [1.54, 1.807) is 18.3 Å². The summed E-state index contributed by atoms with van der Waals surface area (Å²) in [5.74, 6) is 0.0992. The van der Waals surface area contributed by atoms with E-state index in [4.69, 9.17) is 0 Å². The Balaban J connectivity index is 2.22. The Hall–Kier alpha value is -1.55. The maximum atomic E-state index is 11.5. The standard InChI is InChI=1S/C11H10N2OS/c1-8(14)13-7-9-3-2-5-12(9)11-10(13)4-6-15-11/h2-6H,7H2,1H3. The van der Waals surface area contributed by atoms with Gasteiger partial charge in [0.1, 0.15) is 5.00 Å². The molecule has 1 aliphatic heterocycles. The molecule has 1 aliphatic rings. The van der Waals surface area contributed by atoms with Crippen LogP contribution in [-0.2, 0) is 11.3 Å². The average Bonchev–Trinajstić information content (AvgIpc) is 2.83. The summed E-state index contributed by atoms with van der Waals surface area (Å²) in [6.45, 7) is 2.28. The third-order valence-corrected chi connectivity index (χ3v) is 3.57. The van der Waals surface area contributed by atoms with Gasteiger partial charge < -0.3 is 9.47 Å². The summed E-state index contributed by atoms with van der Waals surface area (Å²) in [5, 5.41) is 3.16. The third kappa shape index (κ3) is 1.15. The minimum atomic E-state index is 0.0992. The Morgan fingerprint density at radius 2 is 2.33 bits per heavy atom. The first kappa shape index (κ1) is 8.73. The number of hydrogen-bond donors (Lipinski definition) is 0. The van der Waals surface area contributed by atoms with Crippen LogP contribution in [0.3, 0.4) is 0 Å². The number of aromatic nitrogens is 1. The van der Waals surface area contributed by atoms with Crippen LogP contribution in [0, 0.1) is 0 Å². The Morgan fingerprint density at radius 3 is 3.13 bits per heavy atom. The zero-order valence-corrected chi connectivity index (χ0v) is 9.12. The van der Waals surface area contributed by atoms with E-state index in [-0.39, 0.29) is 5.91 Å². The van der Waals surface area contributed by atoms with E-state index in [0.29, 0.717) is 6.54 Å². The summed E-state index contributed by atoms with van der Waals surface area (Å²) in [6, 6.07) is 6.07. The SMILES string of the molecule is CC(=O)N1Cc2cccn2-c2sccc21. The molecule has 4 heteroatoms. The maximum absolute atomic E-state index is 11.5. The van der Waals surface area contributed by atoms with E-state index in [1.807, 2.05) is 28.6 Å². The van der Waals surface area contributed by atoms with Gasteiger partial charge in [-0.2, -0.15) is 0 Å². The zero-order chi connectivity index (χ0) is 10.4. The highest BCUT2D eigenvalue weighted by molar-refractivity contribution is 7.13. The van der Waals surface area contributed by atoms with Gasteiger partial charge in [0.25, 0.3) is 0 Å².